The molecule has 0 spiro atoms. The van der Waals surface area contributed by atoms with Gasteiger partial charge in [-0.25, -0.2) is 0 Å². The number of hydrogen-bond acceptors (Lipinski definition) is 3. The lowest BCUT2D eigenvalue weighted by Crippen LogP contribution is -2.38. The zero-order valence-corrected chi connectivity index (χ0v) is 6.99. The Hall–Kier alpha value is -0.120. The lowest BCUT2D eigenvalue weighted by Gasteiger charge is -2.17. The second kappa shape index (κ2) is 4.04. The van der Waals surface area contributed by atoms with E-state index in [9.17, 15) is 5.11 Å². The molecule has 0 heterocycles. The van der Waals surface area contributed by atoms with E-state index in [1.807, 2.05) is 0 Å². The molecule has 0 amide bonds. The van der Waals surface area contributed by atoms with Gasteiger partial charge in [-0.1, -0.05) is 12.8 Å². The molecule has 0 aromatic rings. The first-order valence-corrected chi connectivity index (χ1v) is 4.16. The molecule has 66 valence electrons. The fraction of sp³-hybridized carbons (Fsp3) is 1.00. The third-order valence-corrected chi connectivity index (χ3v) is 2.13. The highest BCUT2D eigenvalue weighted by molar-refractivity contribution is 4.81. The van der Waals surface area contributed by atoms with E-state index in [4.69, 9.17) is 10.5 Å². The number of aliphatic hydroxyl groups is 1. The van der Waals surface area contributed by atoms with Crippen LogP contribution in [0.2, 0.25) is 0 Å². The van der Waals surface area contributed by atoms with Gasteiger partial charge in [0.05, 0.1) is 12.7 Å². The lowest BCUT2D eigenvalue weighted by molar-refractivity contribution is 0.0449. The van der Waals surface area contributed by atoms with Gasteiger partial charge in [-0.05, 0) is 12.3 Å². The van der Waals surface area contributed by atoms with E-state index in [1.54, 1.807) is 7.11 Å². The van der Waals surface area contributed by atoms with Crippen molar-refractivity contribution in [2.24, 2.45) is 11.7 Å². The Bertz CT molecular complexity index is 115. The number of ether oxygens (including phenoxy) is 1. The first kappa shape index (κ1) is 8.97. The average molecular weight is 159 g/mol. The molecule has 2 atom stereocenters. The Morgan fingerprint density at radius 3 is 2.73 bits per heavy atom. The Morgan fingerprint density at radius 1 is 1.64 bits per heavy atom. The highest BCUT2D eigenvalue weighted by Gasteiger charge is 2.26. The van der Waals surface area contributed by atoms with Gasteiger partial charge in [0.25, 0.3) is 0 Å². The van der Waals surface area contributed by atoms with Crippen LogP contribution in [-0.4, -0.2) is 31.0 Å². The van der Waals surface area contributed by atoms with Crippen LogP contribution in [0.15, 0.2) is 0 Å². The van der Waals surface area contributed by atoms with E-state index in [-0.39, 0.29) is 6.04 Å². The minimum absolute atomic E-state index is 0.0950. The largest absolute Gasteiger partial charge is 0.389 e. The second-order valence-corrected chi connectivity index (χ2v) is 3.37. The molecule has 3 heteroatoms. The zero-order chi connectivity index (χ0) is 8.27. The van der Waals surface area contributed by atoms with Crippen LogP contribution in [0.3, 0.4) is 0 Å². The van der Waals surface area contributed by atoms with Crippen molar-refractivity contribution in [1.29, 1.82) is 0 Å². The smallest absolute Gasteiger partial charge is 0.0924 e. The van der Waals surface area contributed by atoms with E-state index in [2.05, 4.69) is 0 Å². The predicted molar refractivity (Wildman–Crippen MR) is 43.2 cm³/mol. The minimum atomic E-state index is -0.486. The van der Waals surface area contributed by atoms with Crippen LogP contribution in [0, 0.1) is 5.92 Å². The molecular weight excluding hydrogens is 142 g/mol. The highest BCUT2D eigenvalue weighted by atomic mass is 16.5. The molecule has 0 saturated heterocycles. The summed E-state index contributed by atoms with van der Waals surface area (Å²) in [5.41, 5.74) is 5.71. The number of hydrogen-bond donors (Lipinski definition) is 2. The SMILES string of the molecule is COCC(O)C(N)CC1CC1. The molecule has 1 rings (SSSR count). The third-order valence-electron chi connectivity index (χ3n) is 2.13. The number of nitrogens with two attached hydrogens (primary N) is 1. The molecule has 1 aliphatic rings. The summed E-state index contributed by atoms with van der Waals surface area (Å²) in [6.45, 7) is 0.355. The maximum atomic E-state index is 9.34. The van der Waals surface area contributed by atoms with Gasteiger partial charge in [0.1, 0.15) is 0 Å². The number of rotatable bonds is 5. The van der Waals surface area contributed by atoms with E-state index < -0.39 is 6.10 Å². The van der Waals surface area contributed by atoms with Gasteiger partial charge >= 0.3 is 0 Å². The molecule has 0 aliphatic heterocycles. The second-order valence-electron chi connectivity index (χ2n) is 3.37. The molecule has 1 aliphatic carbocycles. The zero-order valence-electron chi connectivity index (χ0n) is 6.99. The van der Waals surface area contributed by atoms with Gasteiger partial charge in [-0.2, -0.15) is 0 Å². The fourth-order valence-corrected chi connectivity index (χ4v) is 1.19. The van der Waals surface area contributed by atoms with Crippen LogP contribution < -0.4 is 5.73 Å². The first-order valence-electron chi connectivity index (χ1n) is 4.16. The van der Waals surface area contributed by atoms with Crippen molar-refractivity contribution in [3.8, 4) is 0 Å². The van der Waals surface area contributed by atoms with Crippen molar-refractivity contribution in [3.63, 3.8) is 0 Å². The summed E-state index contributed by atoms with van der Waals surface area (Å²) in [5.74, 6) is 0.775. The molecule has 0 radical (unpaired) electrons. The minimum Gasteiger partial charge on any atom is -0.389 e. The summed E-state index contributed by atoms with van der Waals surface area (Å²) in [6.07, 6.45) is 3.03. The van der Waals surface area contributed by atoms with E-state index in [0.717, 1.165) is 12.3 Å². The molecule has 2 unspecified atom stereocenters. The lowest BCUT2D eigenvalue weighted by atomic mass is 10.1. The number of methoxy groups -OCH3 is 1. The Labute approximate surface area is 67.5 Å². The van der Waals surface area contributed by atoms with Crippen molar-refractivity contribution >= 4 is 0 Å². The molecule has 0 bridgehead atoms. The van der Waals surface area contributed by atoms with Gasteiger partial charge in [0, 0.05) is 13.2 Å². The van der Waals surface area contributed by atoms with Gasteiger partial charge in [-0.3, -0.25) is 0 Å². The number of aliphatic hydroxyl groups excluding tert-OH is 1. The summed E-state index contributed by atoms with van der Waals surface area (Å²) in [7, 11) is 1.58. The summed E-state index contributed by atoms with van der Waals surface area (Å²) in [6, 6.07) is -0.0950. The molecule has 1 fully saturated rings. The normalized spacial score (nSPS) is 23.2. The predicted octanol–water partition coefficient (Wildman–Crippen LogP) is 0.121. The quantitative estimate of drug-likeness (QED) is 0.599. The maximum Gasteiger partial charge on any atom is 0.0924 e. The van der Waals surface area contributed by atoms with Crippen LogP contribution in [0.1, 0.15) is 19.3 Å². The van der Waals surface area contributed by atoms with Gasteiger partial charge in [-0.15, -0.1) is 0 Å². The third kappa shape index (κ3) is 3.18. The first-order chi connectivity index (χ1) is 5.24. The average Bonchev–Trinajstić information content (AvgIpc) is 2.72. The van der Waals surface area contributed by atoms with Crippen LogP contribution in [-0.2, 0) is 4.74 Å². The van der Waals surface area contributed by atoms with Crippen molar-refractivity contribution in [1.82, 2.24) is 0 Å². The molecule has 3 N–H and O–H groups in total. The fourth-order valence-electron chi connectivity index (χ4n) is 1.19. The monoisotopic (exact) mass is 159 g/mol. The standard InChI is InChI=1S/C8H17NO2/c1-11-5-8(10)7(9)4-6-2-3-6/h6-8,10H,2-5,9H2,1H3. The van der Waals surface area contributed by atoms with Crippen LogP contribution in [0.25, 0.3) is 0 Å². The van der Waals surface area contributed by atoms with Crippen molar-refractivity contribution < 1.29 is 9.84 Å². The van der Waals surface area contributed by atoms with Gasteiger partial charge < -0.3 is 15.6 Å². The summed E-state index contributed by atoms with van der Waals surface area (Å²) < 4.78 is 4.80. The molecule has 3 nitrogen and oxygen atoms in total. The van der Waals surface area contributed by atoms with Crippen molar-refractivity contribution in [2.75, 3.05) is 13.7 Å². The summed E-state index contributed by atoms with van der Waals surface area (Å²) >= 11 is 0. The molecule has 0 aromatic heterocycles. The van der Waals surface area contributed by atoms with Gasteiger partial charge in [0.2, 0.25) is 0 Å². The molecular formula is C8H17NO2. The highest BCUT2D eigenvalue weighted by Crippen LogP contribution is 2.33. The van der Waals surface area contributed by atoms with E-state index in [1.165, 1.54) is 12.8 Å². The van der Waals surface area contributed by atoms with Gasteiger partial charge in [0.15, 0.2) is 0 Å². The van der Waals surface area contributed by atoms with Crippen LogP contribution in [0.4, 0.5) is 0 Å². The Morgan fingerprint density at radius 2 is 2.27 bits per heavy atom. The van der Waals surface area contributed by atoms with Crippen molar-refractivity contribution in [2.45, 2.75) is 31.4 Å². The summed E-state index contributed by atoms with van der Waals surface area (Å²) in [4.78, 5) is 0. The van der Waals surface area contributed by atoms with E-state index >= 15 is 0 Å². The molecule has 1 saturated carbocycles. The van der Waals surface area contributed by atoms with E-state index in [0.29, 0.717) is 6.61 Å². The van der Waals surface area contributed by atoms with Crippen LogP contribution in [0.5, 0.6) is 0 Å². The van der Waals surface area contributed by atoms with Crippen molar-refractivity contribution in [3.05, 3.63) is 0 Å². The maximum absolute atomic E-state index is 9.34. The molecule has 11 heavy (non-hydrogen) atoms. The van der Waals surface area contributed by atoms with Crippen LogP contribution >= 0.6 is 0 Å². The Kier molecular flexibility index (Phi) is 3.30. The summed E-state index contributed by atoms with van der Waals surface area (Å²) in [5, 5.41) is 9.34. The Balaban J connectivity index is 2.10. The topological polar surface area (TPSA) is 55.5 Å². The molecule has 0 aromatic carbocycles.